The average molecular weight is 777 g/mol. The van der Waals surface area contributed by atoms with Crippen LogP contribution in [0.2, 0.25) is 0 Å². The Morgan fingerprint density at radius 1 is 0.361 bits per heavy atom. The second-order valence-electron chi connectivity index (χ2n) is 16.0. The van der Waals surface area contributed by atoms with Crippen LogP contribution in [-0.2, 0) is 0 Å². The van der Waals surface area contributed by atoms with E-state index in [4.69, 9.17) is 4.42 Å². The summed E-state index contributed by atoms with van der Waals surface area (Å²) in [6.07, 6.45) is 0. The van der Waals surface area contributed by atoms with Crippen LogP contribution in [-0.4, -0.2) is 4.57 Å². The van der Waals surface area contributed by atoms with Crippen LogP contribution in [0.1, 0.15) is 0 Å². The first kappa shape index (κ1) is 33.8. The molecule has 13 aromatic rings. The molecule has 0 amide bonds. The van der Waals surface area contributed by atoms with Crippen LogP contribution in [0.15, 0.2) is 223 Å². The Morgan fingerprint density at radius 2 is 0.934 bits per heavy atom. The van der Waals surface area contributed by atoms with E-state index in [1.165, 1.54) is 59.4 Å². The summed E-state index contributed by atoms with van der Waals surface area (Å²) in [6.45, 7) is 0. The van der Waals surface area contributed by atoms with Crippen LogP contribution < -0.4 is 4.90 Å². The van der Waals surface area contributed by atoms with Crippen molar-refractivity contribution in [3.05, 3.63) is 218 Å². The van der Waals surface area contributed by atoms with Gasteiger partial charge < -0.3 is 13.9 Å². The third-order valence-corrected chi connectivity index (χ3v) is 12.7. The van der Waals surface area contributed by atoms with Gasteiger partial charge in [0.25, 0.3) is 0 Å². The van der Waals surface area contributed by atoms with Crippen LogP contribution in [0, 0.1) is 0 Å². The van der Waals surface area contributed by atoms with Gasteiger partial charge in [0.2, 0.25) is 0 Å². The molecule has 0 saturated heterocycles. The molecule has 3 nitrogen and oxygen atoms in total. The normalized spacial score (nSPS) is 11.9. The summed E-state index contributed by atoms with van der Waals surface area (Å²) in [5.74, 6) is 0. The van der Waals surface area contributed by atoms with Crippen LogP contribution in [0.4, 0.5) is 17.1 Å². The van der Waals surface area contributed by atoms with Crippen molar-refractivity contribution in [2.75, 3.05) is 4.90 Å². The maximum absolute atomic E-state index is 6.80. The molecule has 0 atom stereocenters. The molecule has 11 aromatic carbocycles. The summed E-state index contributed by atoms with van der Waals surface area (Å²) in [5.41, 5.74) is 10.7. The third kappa shape index (κ3) is 4.98. The van der Waals surface area contributed by atoms with Gasteiger partial charge >= 0.3 is 0 Å². The largest absolute Gasteiger partial charge is 0.456 e. The molecule has 0 unspecified atom stereocenters. The van der Waals surface area contributed by atoms with Crippen LogP contribution in [0.3, 0.4) is 0 Å². The van der Waals surface area contributed by atoms with E-state index in [2.05, 4.69) is 228 Å². The summed E-state index contributed by atoms with van der Waals surface area (Å²) in [7, 11) is 0. The van der Waals surface area contributed by atoms with Crippen LogP contribution in [0.25, 0.3) is 104 Å². The molecule has 0 aliphatic heterocycles. The minimum Gasteiger partial charge on any atom is -0.456 e. The minimum absolute atomic E-state index is 0.868. The number of anilines is 3. The molecule has 3 heteroatoms. The number of aromatic nitrogens is 1. The fourth-order valence-electron chi connectivity index (χ4n) is 10.2. The second kappa shape index (κ2) is 13.2. The van der Waals surface area contributed by atoms with Gasteiger partial charge in [-0.2, -0.15) is 0 Å². The minimum atomic E-state index is 0.868. The van der Waals surface area contributed by atoms with Crippen LogP contribution >= 0.6 is 0 Å². The Hall–Kier alpha value is -8.14. The molecule has 0 spiro atoms. The molecule has 0 N–H and O–H groups in total. The van der Waals surface area contributed by atoms with Gasteiger partial charge in [-0.25, -0.2) is 0 Å². The van der Waals surface area contributed by atoms with E-state index in [0.717, 1.165) is 61.3 Å². The molecule has 0 aliphatic carbocycles. The van der Waals surface area contributed by atoms with Crippen molar-refractivity contribution in [1.29, 1.82) is 0 Å². The van der Waals surface area contributed by atoms with E-state index in [0.29, 0.717) is 0 Å². The molecule has 2 heterocycles. The van der Waals surface area contributed by atoms with Gasteiger partial charge in [0, 0.05) is 49.9 Å². The highest BCUT2D eigenvalue weighted by Gasteiger charge is 2.27. The van der Waals surface area contributed by atoms with Gasteiger partial charge in [0.05, 0.1) is 22.4 Å². The summed E-state index contributed by atoms with van der Waals surface area (Å²) >= 11 is 0. The number of hydrogen-bond donors (Lipinski definition) is 0. The number of furan rings is 1. The molecule has 0 bridgehead atoms. The van der Waals surface area contributed by atoms with E-state index in [-0.39, 0.29) is 0 Å². The van der Waals surface area contributed by atoms with Gasteiger partial charge in [-0.15, -0.1) is 0 Å². The van der Waals surface area contributed by atoms with Crippen molar-refractivity contribution in [3.8, 4) is 16.8 Å². The molecular weight excluding hydrogens is 741 g/mol. The van der Waals surface area contributed by atoms with E-state index in [1.54, 1.807) is 0 Å². The van der Waals surface area contributed by atoms with Gasteiger partial charge in [0.1, 0.15) is 11.2 Å². The fraction of sp³-hybridized carbons (Fsp3) is 0. The number of para-hydroxylation sites is 3. The Labute approximate surface area is 351 Å². The van der Waals surface area contributed by atoms with Crippen molar-refractivity contribution < 1.29 is 4.42 Å². The van der Waals surface area contributed by atoms with E-state index in [9.17, 15) is 0 Å². The maximum atomic E-state index is 6.80. The lowest BCUT2D eigenvalue weighted by atomic mass is 9.93. The lowest BCUT2D eigenvalue weighted by Gasteiger charge is -2.28. The Balaban J connectivity index is 1.21. The first-order valence-electron chi connectivity index (χ1n) is 20.9. The van der Waals surface area contributed by atoms with E-state index in [1.807, 2.05) is 0 Å². The molecule has 2 aromatic heterocycles. The molecule has 284 valence electrons. The number of rotatable bonds is 5. The highest BCUT2D eigenvalue weighted by atomic mass is 16.3. The Morgan fingerprint density at radius 3 is 1.69 bits per heavy atom. The van der Waals surface area contributed by atoms with Crippen molar-refractivity contribution in [1.82, 2.24) is 4.57 Å². The predicted octanol–water partition coefficient (Wildman–Crippen LogP) is 16.4. The zero-order chi connectivity index (χ0) is 40.0. The van der Waals surface area contributed by atoms with Crippen molar-refractivity contribution in [2.45, 2.75) is 0 Å². The van der Waals surface area contributed by atoms with Crippen molar-refractivity contribution in [3.63, 3.8) is 0 Å². The summed E-state index contributed by atoms with van der Waals surface area (Å²) in [6, 6.07) is 79.3. The monoisotopic (exact) mass is 776 g/mol. The van der Waals surface area contributed by atoms with Crippen molar-refractivity contribution >= 4 is 104 Å². The fourth-order valence-corrected chi connectivity index (χ4v) is 10.2. The molecule has 0 aliphatic rings. The second-order valence-corrected chi connectivity index (χ2v) is 16.0. The van der Waals surface area contributed by atoms with E-state index < -0.39 is 0 Å². The Bertz CT molecular complexity index is 3840. The molecule has 0 radical (unpaired) electrons. The third-order valence-electron chi connectivity index (χ3n) is 12.7. The lowest BCUT2D eigenvalue weighted by molar-refractivity contribution is 0.669. The number of nitrogens with zero attached hydrogens (tertiary/aromatic N) is 2. The maximum Gasteiger partial charge on any atom is 0.138 e. The smallest absolute Gasteiger partial charge is 0.138 e. The summed E-state index contributed by atoms with van der Waals surface area (Å²) in [5, 5.41) is 14.5. The molecule has 0 saturated carbocycles. The first-order chi connectivity index (χ1) is 30.3. The quantitative estimate of drug-likeness (QED) is 0.162. The number of benzene rings is 11. The molecule has 0 fully saturated rings. The van der Waals surface area contributed by atoms with Gasteiger partial charge in [-0.05, 0) is 85.7 Å². The summed E-state index contributed by atoms with van der Waals surface area (Å²) < 4.78 is 9.30. The van der Waals surface area contributed by atoms with Gasteiger partial charge in [-0.1, -0.05) is 170 Å². The summed E-state index contributed by atoms with van der Waals surface area (Å²) in [4.78, 5) is 2.45. The highest BCUT2D eigenvalue weighted by molar-refractivity contribution is 6.29. The SMILES string of the molecule is c1ccc(-c2c3c(cc4c2c2cccc(N(c5ccccc5)c5ccc6c7ccccc7c7ccccc7c6c5)c2n4-c2cccc4ccccc24)oc2ccccc23)cc1. The zero-order valence-electron chi connectivity index (χ0n) is 33.1. The first-order valence-corrected chi connectivity index (χ1v) is 20.9. The molecule has 61 heavy (non-hydrogen) atoms. The molecular formula is C58H36N2O. The van der Waals surface area contributed by atoms with Crippen LogP contribution in [0.5, 0.6) is 0 Å². The van der Waals surface area contributed by atoms with E-state index >= 15 is 0 Å². The predicted molar refractivity (Wildman–Crippen MR) is 258 cm³/mol. The number of hydrogen-bond acceptors (Lipinski definition) is 2. The molecule has 13 rings (SSSR count). The van der Waals surface area contributed by atoms with Gasteiger partial charge in [0.15, 0.2) is 0 Å². The standard InChI is InChI=1S/C58H36N2O/c1-3-18-38(19-4-1)55-56-48-29-16-31-51(58(48)60(50-30-15-20-37-17-7-8-23-41(37)50)52(56)36-54-57(55)47-28-13-14-32-53(47)61-54)59(39-21-5-2-6-22-39)40-33-34-46-44-26-10-9-24-42(44)43-25-11-12-27-45(43)49(46)35-40/h1-36H. The Kier molecular flexibility index (Phi) is 7.31. The topological polar surface area (TPSA) is 21.3 Å². The highest BCUT2D eigenvalue weighted by Crippen LogP contribution is 2.50. The van der Waals surface area contributed by atoms with Crippen molar-refractivity contribution in [2.24, 2.45) is 0 Å². The number of fused-ring (bicyclic) bond motifs is 13. The zero-order valence-corrected chi connectivity index (χ0v) is 33.1. The van der Waals surface area contributed by atoms with Gasteiger partial charge in [-0.3, -0.25) is 0 Å². The lowest BCUT2D eigenvalue weighted by Crippen LogP contribution is -2.11. The average Bonchev–Trinajstić information content (AvgIpc) is 3.87.